The molecule has 0 aliphatic carbocycles. The number of carbonyl (C=O) groups excluding carboxylic acids is 1. The van der Waals surface area contributed by atoms with Crippen LogP contribution in [-0.4, -0.2) is 31.5 Å². The van der Waals surface area contributed by atoms with E-state index >= 15 is 0 Å². The molecule has 3 rings (SSSR count). The van der Waals surface area contributed by atoms with Gasteiger partial charge in [-0.3, -0.25) is 4.79 Å². The molecule has 2 aromatic carbocycles. The lowest BCUT2D eigenvalue weighted by Crippen LogP contribution is -2.16. The molecule has 0 amide bonds. The number of benzene rings is 2. The van der Waals surface area contributed by atoms with E-state index in [2.05, 4.69) is 0 Å². The third kappa shape index (κ3) is 4.34. The zero-order valence-electron chi connectivity index (χ0n) is 14.3. The van der Waals surface area contributed by atoms with Gasteiger partial charge in [0.15, 0.2) is 5.78 Å². The molecule has 0 N–H and O–H groups in total. The second-order valence-electron chi connectivity index (χ2n) is 5.71. The minimum absolute atomic E-state index is 0.130. The number of thioether (sulfide) groups is 1. The Labute approximate surface area is 152 Å². The molecule has 0 saturated carbocycles. The maximum absolute atomic E-state index is 12.8. The van der Waals surface area contributed by atoms with E-state index in [1.807, 2.05) is 60.7 Å². The normalized spacial score (nSPS) is 17.8. The lowest BCUT2D eigenvalue weighted by Gasteiger charge is -2.16. The van der Waals surface area contributed by atoms with Crippen LogP contribution in [0.4, 0.5) is 0 Å². The first kappa shape index (κ1) is 17.4. The molecule has 1 aliphatic rings. The first-order chi connectivity index (χ1) is 12.2. The van der Waals surface area contributed by atoms with Crippen LogP contribution in [0.15, 0.2) is 59.7 Å². The molecule has 4 heteroatoms. The van der Waals surface area contributed by atoms with E-state index in [-0.39, 0.29) is 5.78 Å². The molecule has 0 aromatic heterocycles. The number of hydrogen-bond acceptors (Lipinski definition) is 4. The summed E-state index contributed by atoms with van der Waals surface area (Å²) in [5, 5.41) is 0. The summed E-state index contributed by atoms with van der Waals surface area (Å²) in [5.41, 5.74) is 3.69. The zero-order valence-corrected chi connectivity index (χ0v) is 15.1. The highest BCUT2D eigenvalue weighted by molar-refractivity contribution is 7.99. The zero-order chi connectivity index (χ0) is 17.6. The molecule has 128 valence electrons. The lowest BCUT2D eigenvalue weighted by molar-refractivity contribution is -0.112. The van der Waals surface area contributed by atoms with Gasteiger partial charge in [-0.1, -0.05) is 24.3 Å². The number of Topliss-reactive ketones (excluding diaryl/α,β-unsaturated/α-hetero) is 1. The van der Waals surface area contributed by atoms with Gasteiger partial charge < -0.3 is 9.47 Å². The first-order valence-electron chi connectivity index (χ1n) is 8.01. The summed E-state index contributed by atoms with van der Waals surface area (Å²) < 4.78 is 10.3. The highest BCUT2D eigenvalue weighted by Crippen LogP contribution is 2.27. The summed E-state index contributed by atoms with van der Waals surface area (Å²) in [7, 11) is 3.29. The van der Waals surface area contributed by atoms with Crippen molar-refractivity contribution in [3.8, 4) is 11.5 Å². The molecule has 0 bridgehead atoms. The van der Waals surface area contributed by atoms with Gasteiger partial charge in [-0.05, 0) is 47.5 Å². The van der Waals surface area contributed by atoms with Crippen LogP contribution in [0.2, 0.25) is 0 Å². The predicted octanol–water partition coefficient (Wildman–Crippen LogP) is 4.49. The van der Waals surface area contributed by atoms with Gasteiger partial charge in [-0.25, -0.2) is 0 Å². The topological polar surface area (TPSA) is 35.5 Å². The van der Waals surface area contributed by atoms with Gasteiger partial charge in [0.05, 0.1) is 14.2 Å². The van der Waals surface area contributed by atoms with Gasteiger partial charge in [0.2, 0.25) is 0 Å². The van der Waals surface area contributed by atoms with Crippen LogP contribution in [0.25, 0.3) is 12.2 Å². The van der Waals surface area contributed by atoms with Gasteiger partial charge in [-0.2, -0.15) is 11.8 Å². The molecule has 3 nitrogen and oxygen atoms in total. The van der Waals surface area contributed by atoms with Crippen molar-refractivity contribution in [3.63, 3.8) is 0 Å². The van der Waals surface area contributed by atoms with Crippen molar-refractivity contribution in [1.82, 2.24) is 0 Å². The summed E-state index contributed by atoms with van der Waals surface area (Å²) in [4.78, 5) is 12.8. The molecule has 1 fully saturated rings. The molecule has 0 atom stereocenters. The summed E-state index contributed by atoms with van der Waals surface area (Å²) in [5.74, 6) is 3.24. The quantitative estimate of drug-likeness (QED) is 0.760. The highest BCUT2D eigenvalue weighted by Gasteiger charge is 2.20. The van der Waals surface area contributed by atoms with Crippen molar-refractivity contribution in [2.24, 2.45) is 0 Å². The molecular weight excluding hydrogens is 332 g/mol. The summed E-state index contributed by atoms with van der Waals surface area (Å²) in [6.07, 6.45) is 3.94. The van der Waals surface area contributed by atoms with Gasteiger partial charge in [-0.15, -0.1) is 0 Å². The molecule has 0 radical (unpaired) electrons. The van der Waals surface area contributed by atoms with Crippen LogP contribution in [0.3, 0.4) is 0 Å². The van der Waals surface area contributed by atoms with Crippen molar-refractivity contribution in [2.45, 2.75) is 0 Å². The van der Waals surface area contributed by atoms with Crippen LogP contribution in [-0.2, 0) is 4.79 Å². The fourth-order valence-electron chi connectivity index (χ4n) is 2.63. The molecule has 1 saturated heterocycles. The second kappa shape index (κ2) is 8.08. The highest BCUT2D eigenvalue weighted by atomic mass is 32.2. The molecule has 25 heavy (non-hydrogen) atoms. The van der Waals surface area contributed by atoms with Crippen molar-refractivity contribution in [2.75, 3.05) is 25.7 Å². The average Bonchev–Trinajstić information content (AvgIpc) is 2.66. The fourth-order valence-corrected chi connectivity index (χ4v) is 3.60. The maximum Gasteiger partial charge on any atom is 0.186 e. The van der Waals surface area contributed by atoms with E-state index in [9.17, 15) is 4.79 Å². The van der Waals surface area contributed by atoms with Crippen molar-refractivity contribution in [1.29, 1.82) is 0 Å². The summed E-state index contributed by atoms with van der Waals surface area (Å²) in [6.45, 7) is 0. The Kier molecular flexibility index (Phi) is 5.61. The molecule has 0 spiro atoms. The molecule has 1 aliphatic heterocycles. The summed E-state index contributed by atoms with van der Waals surface area (Å²) >= 11 is 1.76. The molecular formula is C21H20O3S. The van der Waals surface area contributed by atoms with Crippen LogP contribution in [0.1, 0.15) is 11.1 Å². The van der Waals surface area contributed by atoms with E-state index in [1.54, 1.807) is 26.0 Å². The lowest BCUT2D eigenvalue weighted by atomic mass is 10.0. The third-order valence-electron chi connectivity index (χ3n) is 4.01. The number of methoxy groups -OCH3 is 2. The number of ether oxygens (including phenoxy) is 2. The van der Waals surface area contributed by atoms with Gasteiger partial charge >= 0.3 is 0 Å². The Morgan fingerprint density at radius 1 is 0.760 bits per heavy atom. The van der Waals surface area contributed by atoms with Crippen LogP contribution >= 0.6 is 11.8 Å². The van der Waals surface area contributed by atoms with Gasteiger partial charge in [0.1, 0.15) is 11.5 Å². The monoisotopic (exact) mass is 352 g/mol. The Morgan fingerprint density at radius 2 is 1.16 bits per heavy atom. The van der Waals surface area contributed by atoms with Crippen LogP contribution in [0.5, 0.6) is 11.5 Å². The van der Waals surface area contributed by atoms with Crippen LogP contribution in [0, 0.1) is 0 Å². The Morgan fingerprint density at radius 3 is 1.52 bits per heavy atom. The molecule has 1 heterocycles. The standard InChI is InChI=1S/C21H20O3S/c1-23-19-7-3-15(4-8-19)11-17-13-25-14-18(21(17)22)12-16-5-9-20(24-2)10-6-16/h3-12H,13-14H2,1-2H3/b17-11-,18-12+. The smallest absolute Gasteiger partial charge is 0.186 e. The fraction of sp³-hybridized carbons (Fsp3) is 0.190. The third-order valence-corrected chi connectivity index (χ3v) is 5.04. The van der Waals surface area contributed by atoms with Gasteiger partial charge in [0.25, 0.3) is 0 Å². The van der Waals surface area contributed by atoms with Crippen molar-refractivity contribution >= 4 is 29.7 Å². The average molecular weight is 352 g/mol. The molecule has 2 aromatic rings. The van der Waals surface area contributed by atoms with Gasteiger partial charge in [0, 0.05) is 22.7 Å². The predicted molar refractivity (Wildman–Crippen MR) is 104 cm³/mol. The van der Waals surface area contributed by atoms with Crippen molar-refractivity contribution < 1.29 is 14.3 Å². The van der Waals surface area contributed by atoms with E-state index in [4.69, 9.17) is 9.47 Å². The molecule has 0 unspecified atom stereocenters. The SMILES string of the molecule is COc1ccc(/C=C2\CSC/C(=C/c3ccc(OC)cc3)C2=O)cc1. The number of ketones is 1. The Hall–Kier alpha value is -2.46. The number of hydrogen-bond donors (Lipinski definition) is 0. The van der Waals surface area contributed by atoms with Crippen molar-refractivity contribution in [3.05, 3.63) is 70.8 Å². The Bertz CT molecular complexity index is 735. The van der Waals surface area contributed by atoms with E-state index < -0.39 is 0 Å². The Balaban J connectivity index is 1.81. The second-order valence-corrected chi connectivity index (χ2v) is 6.69. The minimum Gasteiger partial charge on any atom is -0.497 e. The largest absolute Gasteiger partial charge is 0.497 e. The van der Waals surface area contributed by atoms with Crippen LogP contribution < -0.4 is 9.47 Å². The van der Waals surface area contributed by atoms with E-state index in [0.717, 1.165) is 45.3 Å². The number of carbonyl (C=O) groups is 1. The maximum atomic E-state index is 12.8. The van der Waals surface area contributed by atoms with E-state index in [1.165, 1.54) is 0 Å². The minimum atomic E-state index is 0.130. The summed E-state index contributed by atoms with van der Waals surface area (Å²) in [6, 6.07) is 15.5. The first-order valence-corrected chi connectivity index (χ1v) is 9.17. The number of rotatable bonds is 4. The van der Waals surface area contributed by atoms with E-state index in [0.29, 0.717) is 0 Å².